The largest absolute Gasteiger partial charge is 0.343 e. The number of hydrogen-bond donors (Lipinski definition) is 0. The molecule has 5 rings (SSSR count). The summed E-state index contributed by atoms with van der Waals surface area (Å²) in [6, 6.07) is -0.175. The molecule has 5 nitrogen and oxygen atoms in total. The average Bonchev–Trinajstić information content (AvgIpc) is 3.13. The fourth-order valence-electron chi connectivity index (χ4n) is 5.13. The van der Waals surface area contributed by atoms with Gasteiger partial charge in [0.1, 0.15) is 5.78 Å². The molecule has 1 aliphatic carbocycles. The van der Waals surface area contributed by atoms with Gasteiger partial charge >= 0.3 is 0 Å². The minimum atomic E-state index is -0.735. The molecule has 0 amide bonds. The Morgan fingerprint density at radius 1 is 1.17 bits per heavy atom. The predicted octanol–water partition coefficient (Wildman–Crippen LogP) is 0.865. The number of nitrogens with zero attached hydrogens (tertiary/aromatic N) is 1. The van der Waals surface area contributed by atoms with Gasteiger partial charge < -0.3 is 9.47 Å². The van der Waals surface area contributed by atoms with Crippen molar-refractivity contribution < 1.29 is 19.1 Å². The fraction of sp³-hybridized carbons (Fsp3) is 0.556. The fourth-order valence-corrected chi connectivity index (χ4v) is 5.13. The summed E-state index contributed by atoms with van der Waals surface area (Å²) < 4.78 is 11.2. The van der Waals surface area contributed by atoms with Crippen molar-refractivity contribution in [3.63, 3.8) is 0 Å². The zero-order valence-electron chi connectivity index (χ0n) is 12.9. The monoisotopic (exact) mass is 313 g/mol. The SMILES string of the molecule is CC(=O)C1C2C3COC(O3)C(=O)C2C2C=CC3C=CC=CC3N21. The van der Waals surface area contributed by atoms with Crippen LogP contribution in [0.25, 0.3) is 0 Å². The normalized spacial score (nSPS) is 49.9. The highest BCUT2D eigenvalue weighted by atomic mass is 16.7. The van der Waals surface area contributed by atoms with Crippen LogP contribution in [0.3, 0.4) is 0 Å². The van der Waals surface area contributed by atoms with Crippen molar-refractivity contribution in [3.05, 3.63) is 36.5 Å². The van der Waals surface area contributed by atoms with Crippen LogP contribution < -0.4 is 0 Å². The number of carbonyl (C=O) groups excluding carboxylic acids is 2. The van der Waals surface area contributed by atoms with Crippen LogP contribution in [0.1, 0.15) is 6.92 Å². The summed E-state index contributed by atoms with van der Waals surface area (Å²) in [5.41, 5.74) is 0. The molecule has 8 atom stereocenters. The third-order valence-electron chi connectivity index (χ3n) is 5.95. The molecule has 0 aromatic rings. The van der Waals surface area contributed by atoms with E-state index < -0.39 is 6.29 Å². The van der Waals surface area contributed by atoms with Gasteiger partial charge in [-0.05, 0) is 6.92 Å². The summed E-state index contributed by atoms with van der Waals surface area (Å²) >= 11 is 0. The molecule has 0 N–H and O–H groups in total. The molecule has 5 aliphatic rings. The molecule has 4 aliphatic heterocycles. The molecule has 3 saturated heterocycles. The Morgan fingerprint density at radius 3 is 2.83 bits per heavy atom. The molecule has 2 bridgehead atoms. The van der Waals surface area contributed by atoms with Crippen molar-refractivity contribution in [2.24, 2.45) is 17.8 Å². The second-order valence-electron chi connectivity index (χ2n) is 7.06. The Hall–Kier alpha value is -1.56. The van der Waals surface area contributed by atoms with Crippen molar-refractivity contribution in [1.82, 2.24) is 4.90 Å². The Bertz CT molecular complexity index is 666. The molecule has 23 heavy (non-hydrogen) atoms. The molecule has 0 spiro atoms. The molecule has 5 heteroatoms. The van der Waals surface area contributed by atoms with Gasteiger partial charge in [0.25, 0.3) is 0 Å². The standard InChI is InChI=1S/C18H19NO4/c1-9(20)16-15-13-8-22-18(23-13)17(21)14(15)12-7-6-10-4-2-3-5-11(10)19(12)16/h2-7,10-16,18H,8H2,1H3. The van der Waals surface area contributed by atoms with E-state index in [0.29, 0.717) is 6.61 Å². The maximum atomic E-state index is 12.8. The van der Waals surface area contributed by atoms with E-state index in [1.165, 1.54) is 0 Å². The van der Waals surface area contributed by atoms with Crippen LogP contribution >= 0.6 is 0 Å². The lowest BCUT2D eigenvalue weighted by atomic mass is 9.78. The second kappa shape index (κ2) is 4.72. The highest BCUT2D eigenvalue weighted by molar-refractivity contribution is 5.91. The smallest absolute Gasteiger partial charge is 0.218 e. The number of fused-ring (bicyclic) bond motifs is 8. The predicted molar refractivity (Wildman–Crippen MR) is 81.4 cm³/mol. The highest BCUT2D eigenvalue weighted by Crippen LogP contribution is 2.49. The van der Waals surface area contributed by atoms with Crippen LogP contribution in [0, 0.1) is 17.8 Å². The van der Waals surface area contributed by atoms with E-state index >= 15 is 0 Å². The lowest BCUT2D eigenvalue weighted by Gasteiger charge is -2.41. The number of carbonyl (C=O) groups is 2. The van der Waals surface area contributed by atoms with Gasteiger partial charge in [0, 0.05) is 29.8 Å². The third-order valence-corrected chi connectivity index (χ3v) is 5.95. The van der Waals surface area contributed by atoms with E-state index in [9.17, 15) is 9.59 Å². The number of rotatable bonds is 1. The summed E-state index contributed by atoms with van der Waals surface area (Å²) in [5, 5.41) is 0. The van der Waals surface area contributed by atoms with Crippen LogP contribution in [-0.4, -0.2) is 53.6 Å². The summed E-state index contributed by atoms with van der Waals surface area (Å²) in [7, 11) is 0. The molecule has 120 valence electrons. The maximum absolute atomic E-state index is 12.8. The molecular weight excluding hydrogens is 294 g/mol. The van der Waals surface area contributed by atoms with E-state index in [2.05, 4.69) is 29.2 Å². The Balaban J connectivity index is 1.63. The van der Waals surface area contributed by atoms with Crippen molar-refractivity contribution >= 4 is 11.6 Å². The Morgan fingerprint density at radius 2 is 2.00 bits per heavy atom. The van der Waals surface area contributed by atoms with Crippen molar-refractivity contribution in [2.45, 2.75) is 37.4 Å². The topological polar surface area (TPSA) is 55.8 Å². The van der Waals surface area contributed by atoms with E-state index in [4.69, 9.17) is 9.47 Å². The molecule has 8 unspecified atom stereocenters. The number of ether oxygens (including phenoxy) is 2. The quantitative estimate of drug-likeness (QED) is 0.672. The summed E-state index contributed by atoms with van der Waals surface area (Å²) in [5.74, 6) is 0.0722. The lowest BCUT2D eigenvalue weighted by Crippen LogP contribution is -2.52. The third kappa shape index (κ3) is 1.73. The number of allylic oxidation sites excluding steroid dienone is 2. The van der Waals surface area contributed by atoms with Gasteiger partial charge in [-0.15, -0.1) is 0 Å². The van der Waals surface area contributed by atoms with E-state index in [0.717, 1.165) is 0 Å². The minimum absolute atomic E-state index is 0.000862. The lowest BCUT2D eigenvalue weighted by molar-refractivity contribution is -0.164. The van der Waals surface area contributed by atoms with Gasteiger partial charge in [-0.2, -0.15) is 0 Å². The first-order valence-electron chi connectivity index (χ1n) is 8.29. The zero-order valence-corrected chi connectivity index (χ0v) is 12.9. The van der Waals surface area contributed by atoms with Crippen LogP contribution in [0.15, 0.2) is 36.5 Å². The van der Waals surface area contributed by atoms with Crippen molar-refractivity contribution in [2.75, 3.05) is 6.61 Å². The molecule has 0 radical (unpaired) electrons. The maximum Gasteiger partial charge on any atom is 0.218 e. The molecule has 3 fully saturated rings. The Kier molecular flexibility index (Phi) is 2.84. The van der Waals surface area contributed by atoms with Crippen LogP contribution in [0.5, 0.6) is 0 Å². The zero-order chi connectivity index (χ0) is 15.7. The highest BCUT2D eigenvalue weighted by Gasteiger charge is 2.64. The minimum Gasteiger partial charge on any atom is -0.343 e. The van der Waals surface area contributed by atoms with Gasteiger partial charge in [0.05, 0.1) is 18.8 Å². The average molecular weight is 313 g/mol. The first kappa shape index (κ1) is 13.8. The van der Waals surface area contributed by atoms with Gasteiger partial charge in [-0.25, -0.2) is 0 Å². The van der Waals surface area contributed by atoms with Crippen LogP contribution in [0.4, 0.5) is 0 Å². The van der Waals surface area contributed by atoms with Crippen molar-refractivity contribution in [1.29, 1.82) is 0 Å². The summed E-state index contributed by atoms with van der Waals surface area (Å²) in [6.45, 7) is 2.04. The molecule has 0 aromatic carbocycles. The first-order chi connectivity index (χ1) is 11.2. The summed E-state index contributed by atoms with van der Waals surface area (Å²) in [6.07, 6.45) is 11.8. The molecule has 0 aromatic heterocycles. The van der Waals surface area contributed by atoms with Crippen LogP contribution in [-0.2, 0) is 19.1 Å². The van der Waals surface area contributed by atoms with Gasteiger partial charge in [-0.1, -0.05) is 36.5 Å². The number of Topliss-reactive ketones (excluding diaryl/α,β-unsaturated/α-hetero) is 2. The first-order valence-corrected chi connectivity index (χ1v) is 8.29. The van der Waals surface area contributed by atoms with E-state index in [1.807, 2.05) is 12.2 Å². The van der Waals surface area contributed by atoms with E-state index in [-0.39, 0.29) is 53.5 Å². The van der Waals surface area contributed by atoms with Crippen LogP contribution in [0.2, 0.25) is 0 Å². The number of hydrogen-bond acceptors (Lipinski definition) is 5. The molecule has 0 saturated carbocycles. The van der Waals surface area contributed by atoms with E-state index in [1.54, 1.807) is 6.92 Å². The second-order valence-corrected chi connectivity index (χ2v) is 7.06. The molecule has 4 heterocycles. The van der Waals surface area contributed by atoms with Gasteiger partial charge in [-0.3, -0.25) is 14.5 Å². The Labute approximate surface area is 134 Å². The van der Waals surface area contributed by atoms with Gasteiger partial charge in [0.2, 0.25) is 6.29 Å². The number of ketones is 2. The van der Waals surface area contributed by atoms with Gasteiger partial charge in [0.15, 0.2) is 5.78 Å². The van der Waals surface area contributed by atoms with Crippen molar-refractivity contribution in [3.8, 4) is 0 Å². The molecular formula is C18H19NO4. The summed E-state index contributed by atoms with van der Waals surface area (Å²) in [4.78, 5) is 27.5.